The Balaban J connectivity index is 1.47. The lowest BCUT2D eigenvalue weighted by atomic mass is 9.47. The third-order valence-electron chi connectivity index (χ3n) is 10.3. The van der Waals surface area contributed by atoms with Crippen LogP contribution in [0.1, 0.15) is 118 Å². The Bertz CT molecular complexity index is 1250. The molecule has 42 heavy (non-hydrogen) atoms. The van der Waals surface area contributed by atoms with Crippen molar-refractivity contribution >= 4 is 23.5 Å². The summed E-state index contributed by atoms with van der Waals surface area (Å²) < 4.78 is 11.3. The number of carbonyl (C=O) groups is 2. The van der Waals surface area contributed by atoms with E-state index in [1.807, 2.05) is 49.9 Å². The zero-order chi connectivity index (χ0) is 29.9. The van der Waals surface area contributed by atoms with E-state index in [0.29, 0.717) is 25.0 Å². The molecule has 5 nitrogen and oxygen atoms in total. The van der Waals surface area contributed by atoms with Crippen molar-refractivity contribution in [2.45, 2.75) is 90.6 Å². The van der Waals surface area contributed by atoms with Crippen molar-refractivity contribution in [3.05, 3.63) is 70.3 Å². The number of allylic oxidation sites excluding steroid dienone is 1. The second-order valence-electron chi connectivity index (χ2n) is 13.0. The van der Waals surface area contributed by atoms with Crippen LogP contribution < -0.4 is 0 Å². The molecular weight excluding hydrogens is 522 g/mol. The Morgan fingerprint density at radius 3 is 2.07 bits per heavy atom. The lowest BCUT2D eigenvalue weighted by Gasteiger charge is -2.57. The van der Waals surface area contributed by atoms with Crippen LogP contribution in [0, 0.1) is 17.8 Å². The molecule has 4 aliphatic rings. The number of hydrogen-bond donors (Lipinski definition) is 0. The third-order valence-corrected chi connectivity index (χ3v) is 10.3. The molecule has 2 aromatic carbocycles. The molecular formula is C37H49NO4. The van der Waals surface area contributed by atoms with Crippen molar-refractivity contribution in [2.75, 3.05) is 26.8 Å². The standard InChI is InChI=1S/C37H49NO4/c1-6-38(7-2)35(39)16-15-34(41-5)32-14-13-31(25(4)17-26-9-11-30(12-10-26)36(40)42-8-3)21-33(32)37-22-27-18-28(23-37)20-29(19-27)24-37/h9-14,17,21,27-29,34H,6-8,15-16,18-20,22-24H2,1-5H3. The van der Waals surface area contributed by atoms with Gasteiger partial charge in [-0.05, 0) is 136 Å². The quantitative estimate of drug-likeness (QED) is 0.190. The lowest BCUT2D eigenvalue weighted by molar-refractivity contribution is -0.131. The molecule has 4 fully saturated rings. The second kappa shape index (κ2) is 13.2. The maximum atomic E-state index is 12.9. The maximum Gasteiger partial charge on any atom is 0.338 e. The minimum absolute atomic E-state index is 0.0960. The number of ether oxygens (including phenoxy) is 2. The van der Waals surface area contributed by atoms with Gasteiger partial charge in [0.15, 0.2) is 0 Å². The largest absolute Gasteiger partial charge is 0.462 e. The van der Waals surface area contributed by atoms with Gasteiger partial charge in [0.25, 0.3) is 0 Å². The third kappa shape index (κ3) is 6.37. The Labute approximate surface area is 252 Å². The second-order valence-corrected chi connectivity index (χ2v) is 13.0. The van der Waals surface area contributed by atoms with E-state index in [4.69, 9.17) is 9.47 Å². The predicted molar refractivity (Wildman–Crippen MR) is 169 cm³/mol. The Morgan fingerprint density at radius 1 is 0.929 bits per heavy atom. The van der Waals surface area contributed by atoms with E-state index in [1.165, 1.54) is 60.8 Å². The minimum atomic E-state index is -0.285. The maximum absolute atomic E-state index is 12.9. The van der Waals surface area contributed by atoms with Crippen molar-refractivity contribution in [1.82, 2.24) is 4.90 Å². The fourth-order valence-corrected chi connectivity index (χ4v) is 8.63. The molecule has 0 radical (unpaired) electrons. The lowest BCUT2D eigenvalue weighted by Crippen LogP contribution is -2.49. The van der Waals surface area contributed by atoms with Gasteiger partial charge in [0.2, 0.25) is 5.91 Å². The van der Waals surface area contributed by atoms with E-state index < -0.39 is 0 Å². The minimum Gasteiger partial charge on any atom is -0.462 e. The summed E-state index contributed by atoms with van der Waals surface area (Å²) in [5, 5.41) is 0. The van der Waals surface area contributed by atoms with E-state index in [9.17, 15) is 9.59 Å². The fraction of sp³-hybridized carbons (Fsp3) is 0.568. The van der Waals surface area contributed by atoms with Crippen LogP contribution in [0.5, 0.6) is 0 Å². The van der Waals surface area contributed by atoms with E-state index in [0.717, 1.165) is 36.4 Å². The van der Waals surface area contributed by atoms with Crippen LogP contribution in [0.15, 0.2) is 42.5 Å². The van der Waals surface area contributed by atoms with E-state index >= 15 is 0 Å². The van der Waals surface area contributed by atoms with Crippen LogP contribution in [-0.4, -0.2) is 43.6 Å². The molecule has 0 aliphatic heterocycles. The Kier molecular flexibility index (Phi) is 9.57. The molecule has 1 unspecified atom stereocenters. The first-order chi connectivity index (χ1) is 20.3. The molecule has 0 spiro atoms. The number of amides is 1. The van der Waals surface area contributed by atoms with Crippen molar-refractivity contribution in [3.63, 3.8) is 0 Å². The number of methoxy groups -OCH3 is 1. The van der Waals surface area contributed by atoms with E-state index in [-0.39, 0.29) is 23.4 Å². The highest BCUT2D eigenvalue weighted by Crippen LogP contribution is 2.61. The van der Waals surface area contributed by atoms with Crippen molar-refractivity contribution < 1.29 is 19.1 Å². The van der Waals surface area contributed by atoms with Gasteiger partial charge in [0.1, 0.15) is 0 Å². The number of hydrogen-bond acceptors (Lipinski definition) is 4. The highest BCUT2D eigenvalue weighted by Gasteiger charge is 2.52. The number of nitrogens with zero attached hydrogens (tertiary/aromatic N) is 1. The van der Waals surface area contributed by atoms with Crippen LogP contribution in [-0.2, 0) is 19.7 Å². The highest BCUT2D eigenvalue weighted by molar-refractivity contribution is 5.90. The number of esters is 1. The van der Waals surface area contributed by atoms with Gasteiger partial charge in [-0.1, -0.05) is 36.4 Å². The Morgan fingerprint density at radius 2 is 1.52 bits per heavy atom. The molecule has 226 valence electrons. The van der Waals surface area contributed by atoms with Gasteiger partial charge >= 0.3 is 5.97 Å². The normalized spacial score (nSPS) is 25.4. The van der Waals surface area contributed by atoms with Crippen LogP contribution in [0.25, 0.3) is 11.6 Å². The number of carbonyl (C=O) groups excluding carboxylic acids is 2. The first-order valence-electron chi connectivity index (χ1n) is 16.2. The van der Waals surface area contributed by atoms with Gasteiger partial charge in [-0.15, -0.1) is 0 Å². The average molecular weight is 572 g/mol. The molecule has 5 heteroatoms. The van der Waals surface area contributed by atoms with Gasteiger partial charge in [0.05, 0.1) is 18.3 Å². The predicted octanol–water partition coefficient (Wildman–Crippen LogP) is 8.23. The van der Waals surface area contributed by atoms with E-state index in [2.05, 4.69) is 31.2 Å². The molecule has 2 aromatic rings. The zero-order valence-corrected chi connectivity index (χ0v) is 26.3. The molecule has 0 saturated heterocycles. The van der Waals surface area contributed by atoms with Crippen molar-refractivity contribution in [2.24, 2.45) is 17.8 Å². The molecule has 1 amide bonds. The molecule has 4 bridgehead atoms. The molecule has 4 saturated carbocycles. The van der Waals surface area contributed by atoms with Gasteiger partial charge in [-0.2, -0.15) is 0 Å². The van der Waals surface area contributed by atoms with Gasteiger partial charge in [0, 0.05) is 26.6 Å². The molecule has 1 atom stereocenters. The van der Waals surface area contributed by atoms with E-state index in [1.54, 1.807) is 7.11 Å². The summed E-state index contributed by atoms with van der Waals surface area (Å²) in [6.45, 7) is 9.95. The molecule has 4 aliphatic carbocycles. The van der Waals surface area contributed by atoms with Gasteiger partial charge < -0.3 is 14.4 Å². The number of benzene rings is 2. The van der Waals surface area contributed by atoms with Crippen LogP contribution in [0.4, 0.5) is 0 Å². The Hall–Kier alpha value is -2.92. The summed E-state index contributed by atoms with van der Waals surface area (Å²) in [5.41, 5.74) is 7.01. The summed E-state index contributed by atoms with van der Waals surface area (Å²) in [4.78, 5) is 26.9. The van der Waals surface area contributed by atoms with Gasteiger partial charge in [-0.25, -0.2) is 4.79 Å². The zero-order valence-electron chi connectivity index (χ0n) is 26.3. The fourth-order valence-electron chi connectivity index (χ4n) is 8.63. The van der Waals surface area contributed by atoms with Crippen molar-refractivity contribution in [1.29, 1.82) is 0 Å². The summed E-state index contributed by atoms with van der Waals surface area (Å²) >= 11 is 0. The molecule has 6 rings (SSSR count). The summed E-state index contributed by atoms with van der Waals surface area (Å²) in [6, 6.07) is 14.6. The van der Waals surface area contributed by atoms with Crippen molar-refractivity contribution in [3.8, 4) is 0 Å². The summed E-state index contributed by atoms with van der Waals surface area (Å²) in [5.74, 6) is 2.45. The van der Waals surface area contributed by atoms with Gasteiger partial charge in [-0.3, -0.25) is 4.79 Å². The topological polar surface area (TPSA) is 55.8 Å². The monoisotopic (exact) mass is 571 g/mol. The SMILES string of the molecule is CCOC(=O)c1ccc(C=C(C)c2ccc(C(CCC(=O)N(CC)CC)OC)c(C34CC5CC(CC(C5)C3)C4)c2)cc1. The van der Waals surface area contributed by atoms with Crippen LogP contribution in [0.3, 0.4) is 0 Å². The van der Waals surface area contributed by atoms with Crippen LogP contribution >= 0.6 is 0 Å². The highest BCUT2D eigenvalue weighted by atomic mass is 16.5. The first-order valence-corrected chi connectivity index (χ1v) is 16.2. The summed E-state index contributed by atoms with van der Waals surface area (Å²) in [7, 11) is 1.80. The first kappa shape index (κ1) is 30.5. The van der Waals surface area contributed by atoms with Crippen LogP contribution in [0.2, 0.25) is 0 Å². The summed E-state index contributed by atoms with van der Waals surface area (Å²) in [6.07, 6.45) is 11.4. The molecule has 0 heterocycles. The smallest absolute Gasteiger partial charge is 0.338 e. The average Bonchev–Trinajstić information content (AvgIpc) is 2.98. The molecule has 0 N–H and O–H groups in total. The number of rotatable bonds is 12. The molecule has 0 aromatic heterocycles.